The summed E-state index contributed by atoms with van der Waals surface area (Å²) < 4.78 is 12.1. The van der Waals surface area contributed by atoms with Crippen molar-refractivity contribution in [2.45, 2.75) is 90.2 Å². The average molecular weight is 446 g/mol. The predicted molar refractivity (Wildman–Crippen MR) is 119 cm³/mol. The molecule has 4 unspecified atom stereocenters. The molecule has 1 aromatic rings. The van der Waals surface area contributed by atoms with Gasteiger partial charge < -0.3 is 14.6 Å². The van der Waals surface area contributed by atoms with Crippen LogP contribution < -0.4 is 0 Å². The van der Waals surface area contributed by atoms with Gasteiger partial charge in [0, 0.05) is 12.8 Å². The molecule has 32 heavy (non-hydrogen) atoms. The number of ketones is 1. The van der Waals surface area contributed by atoms with Gasteiger partial charge >= 0.3 is 12.1 Å². The number of carboxylic acids is 1. The second kappa shape index (κ2) is 9.22. The molecule has 7 nitrogen and oxygen atoms in total. The van der Waals surface area contributed by atoms with E-state index in [1.807, 2.05) is 65.0 Å². The van der Waals surface area contributed by atoms with Gasteiger partial charge in [0.05, 0.1) is 18.1 Å². The molecule has 176 valence electrons. The van der Waals surface area contributed by atoms with Crippen molar-refractivity contribution in [2.75, 3.05) is 0 Å². The Kier molecular flexibility index (Phi) is 6.98. The second-order valence-corrected chi connectivity index (χ2v) is 10.4. The first-order valence-electron chi connectivity index (χ1n) is 11.4. The number of ether oxygens (including phenoxy) is 2. The fourth-order valence-electron chi connectivity index (χ4n) is 4.98. The maximum atomic E-state index is 13.2. The van der Waals surface area contributed by atoms with E-state index in [1.165, 1.54) is 0 Å². The van der Waals surface area contributed by atoms with Crippen molar-refractivity contribution in [3.63, 3.8) is 0 Å². The van der Waals surface area contributed by atoms with E-state index in [9.17, 15) is 19.5 Å². The summed E-state index contributed by atoms with van der Waals surface area (Å²) in [5, 5.41) is 9.70. The third kappa shape index (κ3) is 5.68. The molecule has 0 spiro atoms. The first kappa shape index (κ1) is 24.2. The average Bonchev–Trinajstić information content (AvgIpc) is 2.90. The van der Waals surface area contributed by atoms with Crippen LogP contribution in [0.2, 0.25) is 0 Å². The summed E-state index contributed by atoms with van der Waals surface area (Å²) in [5.74, 6) is -1.67. The lowest BCUT2D eigenvalue weighted by Crippen LogP contribution is -2.51. The van der Waals surface area contributed by atoms with Crippen molar-refractivity contribution < 1.29 is 29.0 Å². The summed E-state index contributed by atoms with van der Waals surface area (Å²) in [7, 11) is 0. The Morgan fingerprint density at radius 2 is 1.88 bits per heavy atom. The maximum absolute atomic E-state index is 13.2. The molecule has 1 heterocycles. The highest BCUT2D eigenvalue weighted by molar-refractivity contribution is 5.82. The SMILES string of the molecule is CC(C)(C)OC(=O)N1C(Cc2ccccc2)C(CC2CC(=O)CCC2C(=O)O)OC1(C)C. The zero-order valence-electron chi connectivity index (χ0n) is 19.7. The van der Waals surface area contributed by atoms with Crippen molar-refractivity contribution in [3.8, 4) is 0 Å². The minimum atomic E-state index is -0.927. The number of benzene rings is 1. The summed E-state index contributed by atoms with van der Waals surface area (Å²) in [6, 6.07) is 9.49. The van der Waals surface area contributed by atoms with Crippen molar-refractivity contribution in [2.24, 2.45) is 11.8 Å². The molecule has 2 aliphatic rings. The molecule has 1 aliphatic heterocycles. The summed E-state index contributed by atoms with van der Waals surface area (Å²) in [4.78, 5) is 38.8. The molecular formula is C25H35NO6. The number of carbonyl (C=O) groups excluding carboxylic acids is 2. The van der Waals surface area contributed by atoms with Gasteiger partial charge in [0.15, 0.2) is 0 Å². The lowest BCUT2D eigenvalue weighted by molar-refractivity contribution is -0.147. The molecule has 2 fully saturated rings. The number of carbonyl (C=O) groups is 3. The molecule has 4 atom stereocenters. The number of Topliss-reactive ketones (excluding diaryl/α,β-unsaturated/α-hetero) is 1. The first-order valence-corrected chi connectivity index (χ1v) is 11.4. The van der Waals surface area contributed by atoms with E-state index < -0.39 is 35.4 Å². The largest absolute Gasteiger partial charge is 0.481 e. The maximum Gasteiger partial charge on any atom is 0.412 e. The lowest BCUT2D eigenvalue weighted by Gasteiger charge is -2.35. The van der Waals surface area contributed by atoms with E-state index in [1.54, 1.807) is 4.90 Å². The monoisotopic (exact) mass is 445 g/mol. The molecule has 0 aromatic heterocycles. The highest BCUT2D eigenvalue weighted by atomic mass is 16.6. The van der Waals surface area contributed by atoms with Gasteiger partial charge in [-0.3, -0.25) is 14.5 Å². The van der Waals surface area contributed by atoms with E-state index in [4.69, 9.17) is 9.47 Å². The standard InChI is InChI=1S/C25H35NO6/c1-24(2,3)32-23(30)26-20(13-16-9-7-6-8-10-16)21(31-25(26,4)5)15-17-14-18(27)11-12-19(17)22(28)29/h6-10,17,19-21H,11-15H2,1-5H3,(H,28,29). The first-order chi connectivity index (χ1) is 14.9. The van der Waals surface area contributed by atoms with Crippen LogP contribution in [0.15, 0.2) is 30.3 Å². The summed E-state index contributed by atoms with van der Waals surface area (Å²) in [5.41, 5.74) is -0.539. The number of carboxylic acid groups (broad SMARTS) is 1. The van der Waals surface area contributed by atoms with Gasteiger partial charge in [0.2, 0.25) is 0 Å². The lowest BCUT2D eigenvalue weighted by atomic mass is 9.75. The zero-order valence-corrected chi connectivity index (χ0v) is 19.7. The van der Waals surface area contributed by atoms with E-state index in [2.05, 4.69) is 0 Å². The van der Waals surface area contributed by atoms with Crippen molar-refractivity contribution >= 4 is 17.8 Å². The topological polar surface area (TPSA) is 93.1 Å². The Balaban J connectivity index is 1.91. The van der Waals surface area contributed by atoms with Crippen LogP contribution in [0.4, 0.5) is 4.79 Å². The molecule has 0 bridgehead atoms. The van der Waals surface area contributed by atoms with Gasteiger partial charge in [0.25, 0.3) is 0 Å². The molecule has 3 rings (SSSR count). The van der Waals surface area contributed by atoms with Crippen molar-refractivity contribution in [1.29, 1.82) is 0 Å². The zero-order chi connectivity index (χ0) is 23.7. The summed E-state index contributed by atoms with van der Waals surface area (Å²) in [6.07, 6.45) is 0.990. The van der Waals surface area contributed by atoms with Crippen LogP contribution in [-0.2, 0) is 25.5 Å². The highest BCUT2D eigenvalue weighted by Crippen LogP contribution is 2.41. The van der Waals surface area contributed by atoms with Gasteiger partial charge in [-0.05, 0) is 65.4 Å². The number of aliphatic carboxylic acids is 1. The van der Waals surface area contributed by atoms with E-state index in [-0.39, 0.29) is 24.2 Å². The third-order valence-corrected chi connectivity index (χ3v) is 6.30. The quantitative estimate of drug-likeness (QED) is 0.721. The molecule has 0 radical (unpaired) electrons. The van der Waals surface area contributed by atoms with Gasteiger partial charge in [-0.2, -0.15) is 0 Å². The Morgan fingerprint density at radius 1 is 1.22 bits per heavy atom. The number of hydrogen-bond acceptors (Lipinski definition) is 5. The predicted octanol–water partition coefficient (Wildman–Crippen LogP) is 4.43. The molecule has 1 aromatic carbocycles. The van der Waals surface area contributed by atoms with Crippen LogP contribution in [0.3, 0.4) is 0 Å². The minimum Gasteiger partial charge on any atom is -0.481 e. The summed E-state index contributed by atoms with van der Waals surface area (Å²) >= 11 is 0. The molecular weight excluding hydrogens is 410 g/mol. The fourth-order valence-corrected chi connectivity index (χ4v) is 4.98. The van der Waals surface area contributed by atoms with Gasteiger partial charge in [0.1, 0.15) is 17.1 Å². The molecule has 1 saturated heterocycles. The molecule has 1 aliphatic carbocycles. The number of nitrogens with zero attached hydrogens (tertiary/aromatic N) is 1. The molecule has 1 N–H and O–H groups in total. The Hall–Kier alpha value is -2.41. The van der Waals surface area contributed by atoms with Gasteiger partial charge in [-0.25, -0.2) is 4.79 Å². The highest BCUT2D eigenvalue weighted by Gasteiger charge is 2.52. The molecule has 7 heteroatoms. The fraction of sp³-hybridized carbons (Fsp3) is 0.640. The van der Waals surface area contributed by atoms with Crippen molar-refractivity contribution in [3.05, 3.63) is 35.9 Å². The molecule has 1 amide bonds. The van der Waals surface area contributed by atoms with E-state index in [0.29, 0.717) is 25.7 Å². The van der Waals surface area contributed by atoms with Gasteiger partial charge in [-0.1, -0.05) is 30.3 Å². The van der Waals surface area contributed by atoms with Crippen LogP contribution in [0, 0.1) is 11.8 Å². The summed E-state index contributed by atoms with van der Waals surface area (Å²) in [6.45, 7) is 9.13. The number of hydrogen-bond donors (Lipinski definition) is 1. The Morgan fingerprint density at radius 3 is 2.47 bits per heavy atom. The number of rotatable bonds is 5. The third-order valence-electron chi connectivity index (χ3n) is 6.30. The van der Waals surface area contributed by atoms with Crippen molar-refractivity contribution in [1.82, 2.24) is 4.90 Å². The van der Waals surface area contributed by atoms with Crippen LogP contribution >= 0.6 is 0 Å². The van der Waals surface area contributed by atoms with Crippen LogP contribution in [0.1, 0.15) is 65.9 Å². The Labute approximate surface area is 190 Å². The van der Waals surface area contributed by atoms with Crippen LogP contribution in [0.25, 0.3) is 0 Å². The van der Waals surface area contributed by atoms with Crippen LogP contribution in [0.5, 0.6) is 0 Å². The van der Waals surface area contributed by atoms with E-state index >= 15 is 0 Å². The van der Waals surface area contributed by atoms with Crippen LogP contribution in [-0.4, -0.2) is 51.3 Å². The van der Waals surface area contributed by atoms with Gasteiger partial charge in [-0.15, -0.1) is 0 Å². The minimum absolute atomic E-state index is 0.0911. The smallest absolute Gasteiger partial charge is 0.412 e. The molecule has 1 saturated carbocycles. The van der Waals surface area contributed by atoms with E-state index in [0.717, 1.165) is 5.56 Å². The number of amides is 1. The second-order valence-electron chi connectivity index (χ2n) is 10.4. The Bertz CT molecular complexity index is 844. The normalized spacial score (nSPS) is 27.9.